The van der Waals surface area contributed by atoms with Gasteiger partial charge in [0.1, 0.15) is 4.88 Å². The standard InChI is InChI=1S/C19H25N3O2S/c1-12-17(25-13(2)21-12)18(24)20-11-19-8-3-4-15(19)22(10-14-5-6-14)16(23)7-9-19/h4,14H,3,5-11H2,1-2H3,(H,20,24). The number of rotatable bonds is 5. The molecule has 1 aliphatic heterocycles. The molecule has 0 spiro atoms. The summed E-state index contributed by atoms with van der Waals surface area (Å²) in [7, 11) is 0. The molecule has 1 unspecified atom stereocenters. The fourth-order valence-corrected chi connectivity index (χ4v) is 5.03. The van der Waals surface area contributed by atoms with Gasteiger partial charge in [-0.05, 0) is 51.9 Å². The van der Waals surface area contributed by atoms with Crippen molar-refractivity contribution < 1.29 is 9.59 Å². The zero-order chi connectivity index (χ0) is 17.6. The molecule has 0 bridgehead atoms. The highest BCUT2D eigenvalue weighted by Crippen LogP contribution is 2.48. The second-order valence-electron chi connectivity index (χ2n) is 7.69. The summed E-state index contributed by atoms with van der Waals surface area (Å²) >= 11 is 1.45. The number of hydrogen-bond donors (Lipinski definition) is 1. The van der Waals surface area contributed by atoms with E-state index in [0.29, 0.717) is 23.8 Å². The van der Waals surface area contributed by atoms with Crippen LogP contribution in [0.25, 0.3) is 0 Å². The third kappa shape index (κ3) is 3.12. The molecule has 1 saturated heterocycles. The molecule has 2 heterocycles. The van der Waals surface area contributed by atoms with Crippen molar-refractivity contribution in [2.75, 3.05) is 13.1 Å². The number of hydrogen-bond acceptors (Lipinski definition) is 4. The molecular formula is C19H25N3O2S. The van der Waals surface area contributed by atoms with Crippen molar-refractivity contribution in [2.24, 2.45) is 11.3 Å². The first kappa shape index (κ1) is 16.8. The van der Waals surface area contributed by atoms with Gasteiger partial charge in [-0.1, -0.05) is 6.08 Å². The molecule has 1 saturated carbocycles. The van der Waals surface area contributed by atoms with E-state index in [1.165, 1.54) is 29.9 Å². The Bertz CT molecular complexity index is 750. The lowest BCUT2D eigenvalue weighted by atomic mass is 9.76. The van der Waals surface area contributed by atoms with Gasteiger partial charge in [0.2, 0.25) is 5.91 Å². The summed E-state index contributed by atoms with van der Waals surface area (Å²) in [5.41, 5.74) is 1.91. The van der Waals surface area contributed by atoms with Crippen molar-refractivity contribution in [3.8, 4) is 0 Å². The lowest BCUT2D eigenvalue weighted by Crippen LogP contribution is -2.48. The Balaban J connectivity index is 1.48. The predicted molar refractivity (Wildman–Crippen MR) is 97.3 cm³/mol. The Hall–Kier alpha value is -1.69. The third-order valence-electron chi connectivity index (χ3n) is 5.75. The van der Waals surface area contributed by atoms with Crippen LogP contribution in [0.1, 0.15) is 58.9 Å². The minimum atomic E-state index is -0.0634. The van der Waals surface area contributed by atoms with Crippen molar-refractivity contribution in [3.05, 3.63) is 27.4 Å². The van der Waals surface area contributed by atoms with Gasteiger partial charge < -0.3 is 10.2 Å². The quantitative estimate of drug-likeness (QED) is 0.878. The molecule has 134 valence electrons. The number of fused-ring (bicyclic) bond motifs is 1. The molecular weight excluding hydrogens is 334 g/mol. The number of nitrogens with zero attached hydrogens (tertiary/aromatic N) is 2. The molecule has 2 amide bonds. The van der Waals surface area contributed by atoms with Gasteiger partial charge in [0.25, 0.3) is 5.91 Å². The first-order chi connectivity index (χ1) is 12.0. The first-order valence-corrected chi connectivity index (χ1v) is 10.0. The lowest BCUT2D eigenvalue weighted by molar-refractivity contribution is -0.133. The molecule has 0 aromatic carbocycles. The van der Waals surface area contributed by atoms with Gasteiger partial charge in [0.15, 0.2) is 0 Å². The Kier molecular flexibility index (Phi) is 4.18. The van der Waals surface area contributed by atoms with Gasteiger partial charge in [0.05, 0.1) is 10.7 Å². The van der Waals surface area contributed by atoms with Gasteiger partial charge in [-0.3, -0.25) is 9.59 Å². The van der Waals surface area contributed by atoms with Crippen LogP contribution in [0.2, 0.25) is 0 Å². The second-order valence-corrected chi connectivity index (χ2v) is 8.89. The molecule has 1 aromatic rings. The number of aryl methyl sites for hydroxylation is 2. The highest BCUT2D eigenvalue weighted by Gasteiger charge is 2.46. The van der Waals surface area contributed by atoms with Crippen LogP contribution in [-0.2, 0) is 4.79 Å². The van der Waals surface area contributed by atoms with E-state index in [-0.39, 0.29) is 17.2 Å². The van der Waals surface area contributed by atoms with Crippen LogP contribution in [-0.4, -0.2) is 34.8 Å². The number of amides is 2. The maximum Gasteiger partial charge on any atom is 0.263 e. The van der Waals surface area contributed by atoms with Crippen LogP contribution in [0.3, 0.4) is 0 Å². The van der Waals surface area contributed by atoms with E-state index < -0.39 is 0 Å². The van der Waals surface area contributed by atoms with E-state index >= 15 is 0 Å². The average Bonchev–Trinajstić information content (AvgIpc) is 3.19. The number of carbonyl (C=O) groups excluding carboxylic acids is 2. The molecule has 1 aromatic heterocycles. The zero-order valence-corrected chi connectivity index (χ0v) is 15.7. The van der Waals surface area contributed by atoms with E-state index in [4.69, 9.17) is 0 Å². The predicted octanol–water partition coefficient (Wildman–Crippen LogP) is 3.19. The van der Waals surface area contributed by atoms with E-state index in [9.17, 15) is 9.59 Å². The molecule has 0 radical (unpaired) electrons. The largest absolute Gasteiger partial charge is 0.350 e. The van der Waals surface area contributed by atoms with Crippen LogP contribution in [0.5, 0.6) is 0 Å². The number of aromatic nitrogens is 1. The Morgan fingerprint density at radius 1 is 1.40 bits per heavy atom. The molecule has 3 aliphatic rings. The highest BCUT2D eigenvalue weighted by molar-refractivity contribution is 7.13. The van der Waals surface area contributed by atoms with Gasteiger partial charge in [-0.25, -0.2) is 4.98 Å². The number of carbonyl (C=O) groups is 2. The summed E-state index contributed by atoms with van der Waals surface area (Å²) in [6.07, 6.45) is 8.18. The summed E-state index contributed by atoms with van der Waals surface area (Å²) in [6, 6.07) is 0. The SMILES string of the molecule is Cc1nc(C)c(C(=O)NCC23CCC=C2N(CC2CC2)C(=O)CC3)s1. The molecule has 1 atom stereocenters. The summed E-state index contributed by atoms with van der Waals surface area (Å²) in [5, 5.41) is 4.06. The fourth-order valence-electron chi connectivity index (χ4n) is 4.19. The van der Waals surface area contributed by atoms with E-state index in [0.717, 1.165) is 36.5 Å². The summed E-state index contributed by atoms with van der Waals surface area (Å²) < 4.78 is 0. The molecule has 25 heavy (non-hydrogen) atoms. The minimum absolute atomic E-state index is 0.0330. The van der Waals surface area contributed by atoms with E-state index in [2.05, 4.69) is 16.4 Å². The van der Waals surface area contributed by atoms with Crippen molar-refractivity contribution in [3.63, 3.8) is 0 Å². The summed E-state index contributed by atoms with van der Waals surface area (Å²) in [4.78, 5) is 32.1. The monoisotopic (exact) mass is 359 g/mol. The van der Waals surface area contributed by atoms with Gasteiger partial charge in [-0.15, -0.1) is 11.3 Å². The van der Waals surface area contributed by atoms with E-state index in [1.807, 2.05) is 18.7 Å². The van der Waals surface area contributed by atoms with Gasteiger partial charge >= 0.3 is 0 Å². The van der Waals surface area contributed by atoms with Crippen LogP contribution in [0.15, 0.2) is 11.8 Å². The number of piperidine rings is 1. The van der Waals surface area contributed by atoms with E-state index in [1.54, 1.807) is 0 Å². The van der Waals surface area contributed by atoms with Crippen LogP contribution < -0.4 is 5.32 Å². The maximum absolute atomic E-state index is 12.6. The molecule has 2 aliphatic carbocycles. The van der Waals surface area contributed by atoms with Gasteiger partial charge in [0, 0.05) is 30.6 Å². The number of nitrogens with one attached hydrogen (secondary N) is 1. The topological polar surface area (TPSA) is 62.3 Å². The first-order valence-electron chi connectivity index (χ1n) is 9.22. The lowest BCUT2D eigenvalue weighted by Gasteiger charge is -2.42. The highest BCUT2D eigenvalue weighted by atomic mass is 32.1. The van der Waals surface area contributed by atoms with Crippen molar-refractivity contribution in [1.82, 2.24) is 15.2 Å². The molecule has 1 N–H and O–H groups in total. The molecule has 2 fully saturated rings. The smallest absolute Gasteiger partial charge is 0.263 e. The summed E-state index contributed by atoms with van der Waals surface area (Å²) in [6.45, 7) is 5.29. The van der Waals surface area contributed by atoms with Crippen LogP contribution >= 0.6 is 11.3 Å². The number of thiazole rings is 1. The number of likely N-dealkylation sites (tertiary alicyclic amines) is 1. The average molecular weight is 359 g/mol. The molecule has 6 heteroatoms. The van der Waals surface area contributed by atoms with Crippen molar-refractivity contribution in [2.45, 2.75) is 52.4 Å². The van der Waals surface area contributed by atoms with Crippen molar-refractivity contribution >= 4 is 23.2 Å². The van der Waals surface area contributed by atoms with Crippen LogP contribution in [0.4, 0.5) is 0 Å². The van der Waals surface area contributed by atoms with Crippen LogP contribution in [0, 0.1) is 25.2 Å². The van der Waals surface area contributed by atoms with Crippen molar-refractivity contribution in [1.29, 1.82) is 0 Å². The Morgan fingerprint density at radius 2 is 2.20 bits per heavy atom. The fraction of sp³-hybridized carbons (Fsp3) is 0.632. The normalized spacial score (nSPS) is 25.8. The Morgan fingerprint density at radius 3 is 2.88 bits per heavy atom. The molecule has 4 rings (SSSR count). The second kappa shape index (κ2) is 6.24. The van der Waals surface area contributed by atoms with Gasteiger partial charge in [-0.2, -0.15) is 0 Å². The zero-order valence-electron chi connectivity index (χ0n) is 14.9. The molecule has 5 nitrogen and oxygen atoms in total. The number of allylic oxidation sites excluding steroid dienone is 1. The minimum Gasteiger partial charge on any atom is -0.350 e. The third-order valence-corrected chi connectivity index (χ3v) is 6.82. The maximum atomic E-state index is 12.6. The summed E-state index contributed by atoms with van der Waals surface area (Å²) in [5.74, 6) is 0.906. The Labute approximate surface area is 152 Å².